The molecular weight excluding hydrogens is 424 g/mol. The molecule has 1 aromatic carbocycles. The summed E-state index contributed by atoms with van der Waals surface area (Å²) < 4.78 is 0. The minimum Gasteiger partial charge on any atom is -0.294 e. The second kappa shape index (κ2) is 9.18. The zero-order chi connectivity index (χ0) is 25.0. The van der Waals surface area contributed by atoms with Gasteiger partial charge < -0.3 is 0 Å². The monoisotopic (exact) mass is 474 g/mol. The number of hydrogen-bond acceptors (Lipinski definition) is 1. The van der Waals surface area contributed by atoms with Crippen LogP contribution in [0, 0.1) is 51.8 Å². The average Bonchev–Trinajstić information content (AvgIpc) is 3.18. The van der Waals surface area contributed by atoms with Crippen LogP contribution in [-0.2, 0) is 4.79 Å². The highest BCUT2D eigenvalue weighted by Crippen LogP contribution is 2.72. The van der Waals surface area contributed by atoms with E-state index in [1.54, 1.807) is 0 Å². The Balaban J connectivity index is 1.39. The molecule has 1 nitrogen and oxygen atoms in total. The van der Waals surface area contributed by atoms with Gasteiger partial charge in [0.15, 0.2) is 5.78 Å². The highest BCUT2D eigenvalue weighted by molar-refractivity contribution is 6.03. The number of rotatable bonds is 6. The van der Waals surface area contributed by atoms with E-state index >= 15 is 0 Å². The lowest BCUT2D eigenvalue weighted by molar-refractivity contribution is -0.169. The smallest absolute Gasteiger partial charge is 0.162 e. The van der Waals surface area contributed by atoms with Gasteiger partial charge >= 0.3 is 0 Å². The molecule has 0 aromatic heterocycles. The number of benzene rings is 1. The Morgan fingerprint density at radius 2 is 1.57 bits per heavy atom. The van der Waals surface area contributed by atoms with Gasteiger partial charge in [0.1, 0.15) is 0 Å². The molecular formula is C34H50O. The average molecular weight is 475 g/mol. The predicted octanol–water partition coefficient (Wildman–Crippen LogP) is 9.37. The zero-order valence-electron chi connectivity index (χ0n) is 23.4. The van der Waals surface area contributed by atoms with E-state index in [1.165, 1.54) is 68.9 Å². The molecule has 3 fully saturated rings. The molecule has 0 aliphatic heterocycles. The van der Waals surface area contributed by atoms with E-state index in [1.807, 2.05) is 0 Å². The molecule has 4 aliphatic carbocycles. The first-order valence-electron chi connectivity index (χ1n) is 14.9. The molecule has 3 saturated carbocycles. The fourth-order valence-electron chi connectivity index (χ4n) is 10.3. The van der Waals surface area contributed by atoms with Crippen molar-refractivity contribution in [2.24, 2.45) is 51.8 Å². The van der Waals surface area contributed by atoms with Crippen molar-refractivity contribution >= 4 is 11.4 Å². The molecule has 0 saturated heterocycles. The van der Waals surface area contributed by atoms with Gasteiger partial charge in [-0.15, -0.1) is 0 Å². The Kier molecular flexibility index (Phi) is 6.63. The van der Waals surface area contributed by atoms with Crippen LogP contribution in [0.5, 0.6) is 0 Å². The van der Waals surface area contributed by atoms with Gasteiger partial charge in [0.25, 0.3) is 0 Å². The third-order valence-electron chi connectivity index (χ3n) is 12.2. The molecule has 0 bridgehead atoms. The van der Waals surface area contributed by atoms with E-state index in [4.69, 9.17) is 0 Å². The summed E-state index contributed by atoms with van der Waals surface area (Å²) in [5.74, 6) is 4.80. The number of allylic oxidation sites excluding steroid dienone is 2. The van der Waals surface area contributed by atoms with Gasteiger partial charge in [0.2, 0.25) is 0 Å². The van der Waals surface area contributed by atoms with Crippen LogP contribution in [0.25, 0.3) is 5.57 Å². The van der Waals surface area contributed by atoms with E-state index in [0.717, 1.165) is 30.1 Å². The Morgan fingerprint density at radius 1 is 0.857 bits per heavy atom. The second-order valence-corrected chi connectivity index (χ2v) is 14.3. The Bertz CT molecular complexity index is 958. The first-order chi connectivity index (χ1) is 16.6. The Labute approximate surface area is 215 Å². The van der Waals surface area contributed by atoms with E-state index in [9.17, 15) is 4.79 Å². The third kappa shape index (κ3) is 3.99. The van der Waals surface area contributed by atoms with Gasteiger partial charge in [-0.3, -0.25) is 4.79 Å². The summed E-state index contributed by atoms with van der Waals surface area (Å²) in [5.41, 5.74) is 3.14. The highest BCUT2D eigenvalue weighted by atomic mass is 16.1. The number of fused-ring (bicyclic) bond motifs is 5. The van der Waals surface area contributed by atoms with E-state index in [0.29, 0.717) is 28.4 Å². The standard InChI is InChI=1S/C34H50O/c1-23(2)11-10-12-24(3)28-15-16-29-32(28,4)20-18-30-33(29,5)19-17-27-21-26(22-31(35)34(27,30)6)25-13-8-7-9-14-25/h7-9,13-14,22-24,27-30H,10-12,15-21H2,1-6H3/t24-,27-,28+,29+,30-,32+,33-,34-/m0/s1. The van der Waals surface area contributed by atoms with Gasteiger partial charge in [-0.1, -0.05) is 91.1 Å². The maximum absolute atomic E-state index is 14.0. The Morgan fingerprint density at radius 3 is 2.29 bits per heavy atom. The van der Waals surface area contributed by atoms with Crippen LogP contribution in [-0.4, -0.2) is 5.78 Å². The molecule has 1 heteroatoms. The molecule has 8 atom stereocenters. The van der Waals surface area contributed by atoms with Crippen molar-refractivity contribution in [3.05, 3.63) is 42.0 Å². The number of hydrogen-bond donors (Lipinski definition) is 0. The van der Waals surface area contributed by atoms with Crippen LogP contribution in [0.4, 0.5) is 0 Å². The lowest BCUT2D eigenvalue weighted by atomic mass is 9.39. The van der Waals surface area contributed by atoms with Gasteiger partial charge in [-0.2, -0.15) is 0 Å². The van der Waals surface area contributed by atoms with Crippen molar-refractivity contribution in [1.82, 2.24) is 0 Å². The van der Waals surface area contributed by atoms with Crippen LogP contribution < -0.4 is 0 Å². The summed E-state index contributed by atoms with van der Waals surface area (Å²) in [7, 11) is 0. The summed E-state index contributed by atoms with van der Waals surface area (Å²) in [5, 5.41) is 0. The van der Waals surface area contributed by atoms with Crippen LogP contribution in [0.2, 0.25) is 0 Å². The quantitative estimate of drug-likeness (QED) is 0.401. The van der Waals surface area contributed by atoms with Crippen LogP contribution >= 0.6 is 0 Å². The fraction of sp³-hybridized carbons (Fsp3) is 0.735. The van der Waals surface area contributed by atoms with Gasteiger partial charge in [0.05, 0.1) is 0 Å². The van der Waals surface area contributed by atoms with Crippen molar-refractivity contribution < 1.29 is 4.79 Å². The number of ketones is 1. The van der Waals surface area contributed by atoms with Crippen LogP contribution in [0.3, 0.4) is 0 Å². The summed E-state index contributed by atoms with van der Waals surface area (Å²) in [6.07, 6.45) is 15.2. The minimum atomic E-state index is -0.173. The van der Waals surface area contributed by atoms with Crippen molar-refractivity contribution in [1.29, 1.82) is 0 Å². The molecule has 0 heterocycles. The molecule has 0 spiro atoms. The lowest BCUT2D eigenvalue weighted by Crippen LogP contribution is -2.60. The van der Waals surface area contributed by atoms with E-state index in [-0.39, 0.29) is 5.41 Å². The Hall–Kier alpha value is -1.37. The molecule has 1 aromatic rings. The molecule has 5 rings (SSSR count). The zero-order valence-corrected chi connectivity index (χ0v) is 23.4. The molecule has 0 radical (unpaired) electrons. The summed E-state index contributed by atoms with van der Waals surface area (Å²) in [6, 6.07) is 10.6. The van der Waals surface area contributed by atoms with Crippen molar-refractivity contribution in [3.63, 3.8) is 0 Å². The maximum Gasteiger partial charge on any atom is 0.162 e. The van der Waals surface area contributed by atoms with E-state index < -0.39 is 0 Å². The maximum atomic E-state index is 14.0. The lowest BCUT2D eigenvalue weighted by Gasteiger charge is -2.64. The van der Waals surface area contributed by atoms with Gasteiger partial charge in [-0.25, -0.2) is 0 Å². The second-order valence-electron chi connectivity index (χ2n) is 14.3. The number of carbonyl (C=O) groups excluding carboxylic acids is 1. The highest BCUT2D eigenvalue weighted by Gasteiger charge is 2.66. The minimum absolute atomic E-state index is 0.173. The first kappa shape index (κ1) is 25.3. The van der Waals surface area contributed by atoms with Gasteiger partial charge in [-0.05, 0) is 108 Å². The predicted molar refractivity (Wildman–Crippen MR) is 148 cm³/mol. The summed E-state index contributed by atoms with van der Waals surface area (Å²) >= 11 is 0. The molecule has 4 aliphatic rings. The topological polar surface area (TPSA) is 17.1 Å². The fourth-order valence-corrected chi connectivity index (χ4v) is 10.3. The summed E-state index contributed by atoms with van der Waals surface area (Å²) in [6.45, 7) is 15.0. The summed E-state index contributed by atoms with van der Waals surface area (Å²) in [4.78, 5) is 14.0. The first-order valence-corrected chi connectivity index (χ1v) is 14.9. The molecule has 0 unspecified atom stereocenters. The SMILES string of the molecule is CC(C)CCC[C@H](C)[C@H]1CC[C@@H]2[C@]1(C)CC[C@H]1[C@@]2(C)CC[C@H]2CC(c3ccccc3)=CC(=O)[C@@]21C. The van der Waals surface area contributed by atoms with Crippen LogP contribution in [0.15, 0.2) is 36.4 Å². The molecule has 0 N–H and O–H groups in total. The van der Waals surface area contributed by atoms with E-state index in [2.05, 4.69) is 78.0 Å². The van der Waals surface area contributed by atoms with Crippen molar-refractivity contribution in [2.75, 3.05) is 0 Å². The van der Waals surface area contributed by atoms with Crippen molar-refractivity contribution in [2.45, 2.75) is 106 Å². The number of carbonyl (C=O) groups is 1. The molecule has 0 amide bonds. The molecule has 35 heavy (non-hydrogen) atoms. The largest absolute Gasteiger partial charge is 0.294 e. The van der Waals surface area contributed by atoms with Gasteiger partial charge in [0, 0.05) is 5.41 Å². The van der Waals surface area contributed by atoms with Crippen LogP contribution in [0.1, 0.15) is 111 Å². The normalized spacial score (nSPS) is 41.7. The van der Waals surface area contributed by atoms with Crippen molar-refractivity contribution in [3.8, 4) is 0 Å². The third-order valence-corrected chi connectivity index (χ3v) is 12.2. The molecule has 192 valence electrons.